The monoisotopic (exact) mass is 294 g/mol. The van der Waals surface area contributed by atoms with E-state index < -0.39 is 5.97 Å². The fourth-order valence-electron chi connectivity index (χ4n) is 2.42. The summed E-state index contributed by atoms with van der Waals surface area (Å²) in [6, 6.07) is 0.301. The van der Waals surface area contributed by atoms with Gasteiger partial charge in [-0.1, -0.05) is 0 Å². The lowest BCUT2D eigenvalue weighted by molar-refractivity contribution is 0.0526. The first-order chi connectivity index (χ1) is 9.69. The van der Waals surface area contributed by atoms with E-state index in [2.05, 4.69) is 10.3 Å². The Hall–Kier alpha value is -1.43. The highest BCUT2D eigenvalue weighted by molar-refractivity contribution is 7.11. The van der Waals surface area contributed by atoms with Crippen LogP contribution in [0.5, 0.6) is 0 Å². The predicted molar refractivity (Wildman–Crippen MR) is 74.8 cm³/mol. The van der Waals surface area contributed by atoms with E-state index in [9.17, 15) is 9.59 Å². The average molecular weight is 294 g/mol. The lowest BCUT2D eigenvalue weighted by Crippen LogP contribution is -2.38. The van der Waals surface area contributed by atoms with E-state index in [1.165, 1.54) is 25.7 Å². The summed E-state index contributed by atoms with van der Waals surface area (Å²) in [6.45, 7) is 2.06. The molecule has 6 heteroatoms. The Morgan fingerprint density at radius 3 is 2.60 bits per heavy atom. The van der Waals surface area contributed by atoms with Crippen LogP contribution in [0.3, 0.4) is 0 Å². The molecule has 0 radical (unpaired) electrons. The molecule has 1 aromatic heterocycles. The van der Waals surface area contributed by atoms with Gasteiger partial charge in [0.05, 0.1) is 6.61 Å². The van der Waals surface area contributed by atoms with Crippen molar-refractivity contribution in [1.29, 1.82) is 0 Å². The van der Waals surface area contributed by atoms with Gasteiger partial charge < -0.3 is 10.1 Å². The second-order valence-electron chi connectivity index (χ2n) is 5.43. The van der Waals surface area contributed by atoms with Gasteiger partial charge in [-0.05, 0) is 44.4 Å². The summed E-state index contributed by atoms with van der Waals surface area (Å²) in [6.07, 6.45) is 4.86. The number of rotatable bonds is 6. The van der Waals surface area contributed by atoms with E-state index >= 15 is 0 Å². The number of thiazole rings is 1. The first kappa shape index (κ1) is 13.5. The number of amides is 1. The van der Waals surface area contributed by atoms with Gasteiger partial charge >= 0.3 is 5.97 Å². The van der Waals surface area contributed by atoms with Crippen molar-refractivity contribution in [1.82, 2.24) is 10.3 Å². The van der Waals surface area contributed by atoms with Gasteiger partial charge in [0.15, 0.2) is 0 Å². The lowest BCUT2D eigenvalue weighted by Gasteiger charge is -2.16. The van der Waals surface area contributed by atoms with Crippen LogP contribution in [0, 0.1) is 11.8 Å². The number of ether oxygens (including phenoxy) is 1. The molecule has 1 aromatic rings. The maximum absolute atomic E-state index is 12.2. The predicted octanol–water partition coefficient (Wildman–Crippen LogP) is 2.24. The molecule has 0 aliphatic heterocycles. The lowest BCUT2D eigenvalue weighted by atomic mass is 10.1. The van der Waals surface area contributed by atoms with E-state index in [1.807, 2.05) is 0 Å². The largest absolute Gasteiger partial charge is 0.461 e. The van der Waals surface area contributed by atoms with E-state index in [0.717, 1.165) is 11.3 Å². The molecule has 1 amide bonds. The topological polar surface area (TPSA) is 68.3 Å². The van der Waals surface area contributed by atoms with E-state index in [0.29, 0.717) is 30.2 Å². The number of hydrogen-bond donors (Lipinski definition) is 1. The second-order valence-corrected chi connectivity index (χ2v) is 6.29. The zero-order valence-electron chi connectivity index (χ0n) is 11.4. The Kier molecular flexibility index (Phi) is 3.74. The maximum atomic E-state index is 12.2. The standard InChI is InChI=1S/C14H18N2O3S/c1-2-19-14(18)13-15-10(7-20-13)12(17)16-11(8-3-4-8)9-5-6-9/h7-9,11H,2-6H2,1H3,(H,16,17). The summed E-state index contributed by atoms with van der Waals surface area (Å²) in [5, 5.41) is 4.96. The van der Waals surface area contributed by atoms with Crippen LogP contribution in [-0.2, 0) is 4.74 Å². The highest BCUT2D eigenvalue weighted by Crippen LogP contribution is 2.44. The first-order valence-corrected chi connectivity index (χ1v) is 8.00. The van der Waals surface area contributed by atoms with Crippen molar-refractivity contribution in [2.75, 3.05) is 6.61 Å². The van der Waals surface area contributed by atoms with Crippen molar-refractivity contribution in [3.63, 3.8) is 0 Å². The molecular formula is C14H18N2O3S. The third-order valence-corrected chi connectivity index (χ3v) is 4.57. The zero-order valence-corrected chi connectivity index (χ0v) is 12.2. The summed E-state index contributed by atoms with van der Waals surface area (Å²) in [5.74, 6) is 0.669. The zero-order chi connectivity index (χ0) is 14.1. The molecule has 0 spiro atoms. The summed E-state index contributed by atoms with van der Waals surface area (Å²) in [4.78, 5) is 27.8. The van der Waals surface area contributed by atoms with Crippen LogP contribution in [0.1, 0.15) is 52.9 Å². The van der Waals surface area contributed by atoms with Crippen LogP contribution in [0.25, 0.3) is 0 Å². The Morgan fingerprint density at radius 2 is 2.05 bits per heavy atom. The smallest absolute Gasteiger partial charge is 0.367 e. The molecule has 0 unspecified atom stereocenters. The molecule has 1 heterocycles. The first-order valence-electron chi connectivity index (χ1n) is 7.12. The highest BCUT2D eigenvalue weighted by Gasteiger charge is 2.42. The maximum Gasteiger partial charge on any atom is 0.367 e. The molecule has 1 N–H and O–H groups in total. The summed E-state index contributed by atoms with van der Waals surface area (Å²) in [5.41, 5.74) is 0.323. The molecule has 0 bridgehead atoms. The van der Waals surface area contributed by atoms with Crippen LogP contribution < -0.4 is 5.32 Å². The fourth-order valence-corrected chi connectivity index (χ4v) is 3.11. The van der Waals surface area contributed by atoms with Gasteiger partial charge in [-0.25, -0.2) is 9.78 Å². The quantitative estimate of drug-likeness (QED) is 0.817. The Bertz CT molecular complexity index is 508. The van der Waals surface area contributed by atoms with Crippen LogP contribution in [0.15, 0.2) is 5.38 Å². The minimum atomic E-state index is -0.461. The molecule has 0 aromatic carbocycles. The number of nitrogens with one attached hydrogen (secondary N) is 1. The van der Waals surface area contributed by atoms with Crippen molar-refractivity contribution >= 4 is 23.2 Å². The molecule has 0 saturated heterocycles. The molecule has 5 nitrogen and oxygen atoms in total. The second kappa shape index (κ2) is 5.52. The van der Waals surface area contributed by atoms with Gasteiger partial charge in [0, 0.05) is 11.4 Å². The van der Waals surface area contributed by atoms with E-state index in [-0.39, 0.29) is 10.9 Å². The third kappa shape index (κ3) is 3.00. The van der Waals surface area contributed by atoms with Crippen LogP contribution in [0.2, 0.25) is 0 Å². The highest BCUT2D eigenvalue weighted by atomic mass is 32.1. The number of aromatic nitrogens is 1. The minimum absolute atomic E-state index is 0.166. The summed E-state index contributed by atoms with van der Waals surface area (Å²) in [7, 11) is 0. The normalized spacial score (nSPS) is 18.1. The number of esters is 1. The molecule has 2 saturated carbocycles. The van der Waals surface area contributed by atoms with E-state index in [4.69, 9.17) is 4.74 Å². The Labute approximate surface area is 121 Å². The van der Waals surface area contributed by atoms with Crippen LogP contribution >= 0.6 is 11.3 Å². The molecule has 3 rings (SSSR count). The third-order valence-electron chi connectivity index (χ3n) is 3.74. The van der Waals surface area contributed by atoms with Crippen molar-refractivity contribution in [3.05, 3.63) is 16.1 Å². The summed E-state index contributed by atoms with van der Waals surface area (Å²) >= 11 is 1.15. The molecule has 108 valence electrons. The van der Waals surface area contributed by atoms with Gasteiger partial charge in [-0.15, -0.1) is 11.3 Å². The van der Waals surface area contributed by atoms with Crippen molar-refractivity contribution in [3.8, 4) is 0 Å². The Balaban J connectivity index is 1.63. The number of carbonyl (C=O) groups excluding carboxylic acids is 2. The van der Waals surface area contributed by atoms with Crippen molar-refractivity contribution in [2.45, 2.75) is 38.6 Å². The van der Waals surface area contributed by atoms with Crippen molar-refractivity contribution in [2.24, 2.45) is 11.8 Å². The Morgan fingerprint density at radius 1 is 1.40 bits per heavy atom. The molecule has 2 aliphatic rings. The molecular weight excluding hydrogens is 276 g/mol. The number of hydrogen-bond acceptors (Lipinski definition) is 5. The molecule has 2 fully saturated rings. The molecule has 0 atom stereocenters. The van der Waals surface area contributed by atoms with Crippen LogP contribution in [0.4, 0.5) is 0 Å². The minimum Gasteiger partial charge on any atom is -0.461 e. The van der Waals surface area contributed by atoms with Crippen molar-refractivity contribution < 1.29 is 14.3 Å². The van der Waals surface area contributed by atoms with Crippen LogP contribution in [-0.4, -0.2) is 29.5 Å². The van der Waals surface area contributed by atoms with Gasteiger partial charge in [-0.2, -0.15) is 0 Å². The van der Waals surface area contributed by atoms with Gasteiger partial charge in [0.2, 0.25) is 5.01 Å². The average Bonchev–Trinajstić information content (AvgIpc) is 3.35. The fraction of sp³-hybridized carbons (Fsp3) is 0.643. The van der Waals surface area contributed by atoms with Gasteiger partial charge in [0.1, 0.15) is 5.69 Å². The SMILES string of the molecule is CCOC(=O)c1nc(C(=O)NC(C2CC2)C2CC2)cs1. The molecule has 2 aliphatic carbocycles. The molecule has 20 heavy (non-hydrogen) atoms. The summed E-state index contributed by atoms with van der Waals surface area (Å²) < 4.78 is 4.88. The number of carbonyl (C=O) groups is 2. The van der Waals surface area contributed by atoms with Gasteiger partial charge in [-0.3, -0.25) is 4.79 Å². The van der Waals surface area contributed by atoms with Gasteiger partial charge in [0.25, 0.3) is 5.91 Å². The van der Waals surface area contributed by atoms with E-state index in [1.54, 1.807) is 12.3 Å². The number of nitrogens with zero attached hydrogens (tertiary/aromatic N) is 1.